The van der Waals surface area contributed by atoms with Crippen LogP contribution in [0.5, 0.6) is 0 Å². The number of aromatic amines is 1. The van der Waals surface area contributed by atoms with Crippen LogP contribution in [0.15, 0.2) is 24.3 Å². The van der Waals surface area contributed by atoms with E-state index in [1.807, 2.05) is 0 Å². The molecule has 3 aromatic rings. The molecule has 0 aliphatic heterocycles. The van der Waals surface area contributed by atoms with Crippen LogP contribution in [0.2, 0.25) is 0 Å². The molecule has 0 aliphatic rings. The maximum Gasteiger partial charge on any atom is 0.183 e. The van der Waals surface area contributed by atoms with E-state index in [0.717, 1.165) is 16.7 Å². The maximum absolute atomic E-state index is 13.9. The van der Waals surface area contributed by atoms with Crippen LogP contribution in [-0.2, 0) is 0 Å². The minimum absolute atomic E-state index is 0.00954. The van der Waals surface area contributed by atoms with Crippen molar-refractivity contribution in [1.29, 1.82) is 0 Å². The molecule has 0 aliphatic carbocycles. The summed E-state index contributed by atoms with van der Waals surface area (Å²) in [5.74, 6) is -4.09. The molecule has 8 heteroatoms. The van der Waals surface area contributed by atoms with Crippen molar-refractivity contribution in [3.63, 3.8) is 0 Å². The third-order valence-corrected chi connectivity index (χ3v) is 4.05. The number of benzene rings is 2. The number of rotatable bonds is 1. The van der Waals surface area contributed by atoms with Gasteiger partial charge in [-0.3, -0.25) is 4.57 Å². The summed E-state index contributed by atoms with van der Waals surface area (Å²) >= 11 is 6.83. The quantitative estimate of drug-likeness (QED) is 0.257. The van der Waals surface area contributed by atoms with Crippen LogP contribution in [0.1, 0.15) is 0 Å². The van der Waals surface area contributed by atoms with E-state index >= 15 is 0 Å². The Morgan fingerprint density at radius 3 is 2.43 bits per heavy atom. The molecular weight excluding hydrogens is 419 g/mol. The van der Waals surface area contributed by atoms with E-state index < -0.39 is 29.0 Å². The molecule has 2 aromatic carbocycles. The highest BCUT2D eigenvalue weighted by atomic mass is 127. The third-order valence-electron chi connectivity index (χ3n) is 2.94. The number of imidazole rings is 1. The van der Waals surface area contributed by atoms with Gasteiger partial charge < -0.3 is 4.98 Å². The molecule has 2 nitrogen and oxygen atoms in total. The number of H-pyrrole nitrogens is 1. The summed E-state index contributed by atoms with van der Waals surface area (Å²) in [5.41, 5.74) is 0.223. The summed E-state index contributed by atoms with van der Waals surface area (Å²) in [5, 5.41) is 0. The molecule has 1 aromatic heterocycles. The van der Waals surface area contributed by atoms with E-state index in [1.165, 1.54) is 6.07 Å². The van der Waals surface area contributed by atoms with Crippen molar-refractivity contribution in [3.8, 4) is 5.69 Å². The molecule has 21 heavy (non-hydrogen) atoms. The lowest BCUT2D eigenvalue weighted by Gasteiger charge is -2.07. The summed E-state index contributed by atoms with van der Waals surface area (Å²) in [6, 6.07) is 3.84. The SMILES string of the molecule is Fc1cc(F)c(F)c(-n2c(=S)[nH]c3cc(I)c(F)cc32)c1. The number of nitrogens with one attached hydrogen (secondary N) is 1. The fraction of sp³-hybridized carbons (Fsp3) is 0. The summed E-state index contributed by atoms with van der Waals surface area (Å²) in [6.07, 6.45) is 0. The Bertz CT molecular complexity index is 932. The second kappa shape index (κ2) is 5.09. The molecule has 0 fully saturated rings. The van der Waals surface area contributed by atoms with Crippen molar-refractivity contribution in [1.82, 2.24) is 9.55 Å². The zero-order valence-corrected chi connectivity index (χ0v) is 13.0. The second-order valence-electron chi connectivity index (χ2n) is 4.27. The smallest absolute Gasteiger partial charge is 0.183 e. The van der Waals surface area contributed by atoms with Gasteiger partial charge >= 0.3 is 0 Å². The molecule has 1 N–H and O–H groups in total. The maximum atomic E-state index is 13.9. The Balaban J connectivity index is 2.43. The molecule has 0 atom stereocenters. The molecular formula is C13H5F4IN2S. The molecule has 0 saturated carbocycles. The highest BCUT2D eigenvalue weighted by Crippen LogP contribution is 2.26. The lowest BCUT2D eigenvalue weighted by Crippen LogP contribution is -2.02. The van der Waals surface area contributed by atoms with Crippen molar-refractivity contribution >= 4 is 45.8 Å². The molecule has 0 saturated heterocycles. The number of fused-ring (bicyclic) bond motifs is 1. The highest BCUT2D eigenvalue weighted by molar-refractivity contribution is 14.1. The van der Waals surface area contributed by atoms with Gasteiger partial charge in [0.2, 0.25) is 0 Å². The molecule has 0 radical (unpaired) electrons. The Labute approximate surface area is 134 Å². The molecule has 0 amide bonds. The topological polar surface area (TPSA) is 20.7 Å². The van der Waals surface area contributed by atoms with E-state index in [9.17, 15) is 17.6 Å². The molecule has 3 rings (SSSR count). The van der Waals surface area contributed by atoms with Gasteiger partial charge in [0.1, 0.15) is 11.6 Å². The summed E-state index contributed by atoms with van der Waals surface area (Å²) in [4.78, 5) is 2.75. The van der Waals surface area contributed by atoms with Gasteiger partial charge in [-0.05, 0) is 40.9 Å². The monoisotopic (exact) mass is 424 g/mol. The first-order valence-electron chi connectivity index (χ1n) is 5.63. The normalized spacial score (nSPS) is 11.3. The zero-order valence-electron chi connectivity index (χ0n) is 10.1. The molecule has 0 spiro atoms. The van der Waals surface area contributed by atoms with Gasteiger partial charge in [-0.15, -0.1) is 0 Å². The third kappa shape index (κ3) is 2.35. The first kappa shape index (κ1) is 14.5. The predicted octanol–water partition coefficient (Wildman–Crippen LogP) is 4.85. The first-order valence-corrected chi connectivity index (χ1v) is 7.12. The van der Waals surface area contributed by atoms with Gasteiger partial charge in [-0.25, -0.2) is 17.6 Å². The minimum Gasteiger partial charge on any atom is -0.330 e. The fourth-order valence-corrected chi connectivity index (χ4v) is 2.82. The van der Waals surface area contributed by atoms with Crippen LogP contribution >= 0.6 is 34.8 Å². The average molecular weight is 424 g/mol. The number of nitrogens with zero attached hydrogens (tertiary/aromatic N) is 1. The first-order chi connectivity index (χ1) is 9.88. The minimum atomic E-state index is -1.34. The molecule has 0 unspecified atom stereocenters. The number of aromatic nitrogens is 2. The van der Waals surface area contributed by atoms with Gasteiger partial charge in [-0.1, -0.05) is 0 Å². The van der Waals surface area contributed by atoms with E-state index in [2.05, 4.69) is 4.98 Å². The van der Waals surface area contributed by atoms with Crippen molar-refractivity contribution in [3.05, 3.63) is 55.9 Å². The molecule has 0 bridgehead atoms. The fourth-order valence-electron chi connectivity index (χ4n) is 2.05. The largest absolute Gasteiger partial charge is 0.330 e. The molecule has 1 heterocycles. The van der Waals surface area contributed by atoms with Crippen molar-refractivity contribution in [2.24, 2.45) is 0 Å². The lowest BCUT2D eigenvalue weighted by molar-refractivity contribution is 0.491. The van der Waals surface area contributed by atoms with Gasteiger partial charge in [0.05, 0.1) is 20.3 Å². The van der Waals surface area contributed by atoms with Crippen molar-refractivity contribution in [2.75, 3.05) is 0 Å². The highest BCUT2D eigenvalue weighted by Gasteiger charge is 2.17. The van der Waals surface area contributed by atoms with E-state index in [-0.39, 0.29) is 10.3 Å². The number of halogens is 5. The Kier molecular flexibility index (Phi) is 3.52. The standard InChI is InChI=1S/C13H5F4IN2S/c14-5-1-7(16)12(17)11(2-5)20-10-3-6(15)8(18)4-9(10)19-13(20)21/h1-4H,(H,19,21). The van der Waals surface area contributed by atoms with E-state index in [4.69, 9.17) is 12.2 Å². The van der Waals surface area contributed by atoms with Gasteiger partial charge in [-0.2, -0.15) is 0 Å². The molecule has 108 valence electrons. The van der Waals surface area contributed by atoms with Crippen LogP contribution in [0.25, 0.3) is 16.7 Å². The van der Waals surface area contributed by atoms with E-state index in [0.29, 0.717) is 15.2 Å². The predicted molar refractivity (Wildman–Crippen MR) is 81.0 cm³/mol. The van der Waals surface area contributed by atoms with Crippen molar-refractivity contribution in [2.45, 2.75) is 0 Å². The average Bonchev–Trinajstić information content (AvgIpc) is 2.70. The summed E-state index contributed by atoms with van der Waals surface area (Å²) in [7, 11) is 0. The Morgan fingerprint density at radius 2 is 1.71 bits per heavy atom. The van der Waals surface area contributed by atoms with E-state index in [1.54, 1.807) is 22.6 Å². The van der Waals surface area contributed by atoms with Crippen LogP contribution in [-0.4, -0.2) is 9.55 Å². The Morgan fingerprint density at radius 1 is 1.00 bits per heavy atom. The summed E-state index contributed by atoms with van der Waals surface area (Å²) < 4.78 is 55.7. The van der Waals surface area contributed by atoms with Gasteiger partial charge in [0.15, 0.2) is 16.4 Å². The van der Waals surface area contributed by atoms with Crippen LogP contribution in [0.4, 0.5) is 17.6 Å². The van der Waals surface area contributed by atoms with Crippen molar-refractivity contribution < 1.29 is 17.6 Å². The lowest BCUT2D eigenvalue weighted by atomic mass is 10.2. The van der Waals surface area contributed by atoms with Crippen LogP contribution in [0, 0.1) is 31.6 Å². The van der Waals surface area contributed by atoms with Crippen LogP contribution < -0.4 is 0 Å². The van der Waals surface area contributed by atoms with Gasteiger partial charge in [0, 0.05) is 18.2 Å². The summed E-state index contributed by atoms with van der Waals surface area (Å²) in [6.45, 7) is 0. The second-order valence-corrected chi connectivity index (χ2v) is 5.82. The Hall–Kier alpha value is -1.42. The van der Waals surface area contributed by atoms with Crippen LogP contribution in [0.3, 0.4) is 0 Å². The zero-order chi connectivity index (χ0) is 15.3. The number of hydrogen-bond donors (Lipinski definition) is 1. The number of hydrogen-bond acceptors (Lipinski definition) is 1. The van der Waals surface area contributed by atoms with Gasteiger partial charge in [0.25, 0.3) is 0 Å².